The van der Waals surface area contributed by atoms with Crippen molar-refractivity contribution < 1.29 is 14.3 Å². The molecular weight excluding hydrogens is 170 g/mol. The van der Waals surface area contributed by atoms with Crippen molar-refractivity contribution in [3.63, 3.8) is 0 Å². The number of ether oxygens (including phenoxy) is 2. The van der Waals surface area contributed by atoms with Gasteiger partial charge >= 0.3 is 0 Å². The Hall–Kier alpha value is -1.55. The third-order valence-electron chi connectivity index (χ3n) is 1.88. The van der Waals surface area contributed by atoms with Gasteiger partial charge in [0.15, 0.2) is 17.3 Å². The molecule has 4 heteroatoms. The average molecular weight is 179 g/mol. The first kappa shape index (κ1) is 8.07. The number of carbonyl (C=O) groups is 1. The maximum absolute atomic E-state index is 11.3. The zero-order valence-electron chi connectivity index (χ0n) is 6.95. The highest BCUT2D eigenvalue weighted by molar-refractivity contribution is 6.00. The number of nitrogens with two attached hydrogens (primary N) is 1. The monoisotopic (exact) mass is 179 g/mol. The summed E-state index contributed by atoms with van der Waals surface area (Å²) < 4.78 is 10.3. The number of rotatable bonds is 2. The second kappa shape index (κ2) is 3.06. The van der Waals surface area contributed by atoms with Crippen molar-refractivity contribution in [3.05, 3.63) is 23.8 Å². The van der Waals surface area contributed by atoms with Crippen LogP contribution >= 0.6 is 0 Å². The summed E-state index contributed by atoms with van der Waals surface area (Å²) in [4.78, 5) is 11.3. The van der Waals surface area contributed by atoms with Crippen LogP contribution in [0, 0.1) is 0 Å². The van der Waals surface area contributed by atoms with E-state index in [2.05, 4.69) is 0 Å². The minimum absolute atomic E-state index is 0.0141. The molecular formula is C9H9NO3. The van der Waals surface area contributed by atoms with Crippen LogP contribution in [-0.4, -0.2) is 19.1 Å². The molecule has 0 spiro atoms. The molecule has 1 aliphatic heterocycles. The summed E-state index contributed by atoms with van der Waals surface area (Å²) in [6.45, 7) is 0.157. The Morgan fingerprint density at radius 1 is 1.46 bits per heavy atom. The number of para-hydroxylation sites is 1. The molecule has 0 unspecified atom stereocenters. The molecule has 0 fully saturated rings. The molecule has 0 bridgehead atoms. The van der Waals surface area contributed by atoms with Crippen LogP contribution in [0.1, 0.15) is 10.4 Å². The van der Waals surface area contributed by atoms with Crippen LogP contribution in [0.15, 0.2) is 18.2 Å². The van der Waals surface area contributed by atoms with Gasteiger partial charge in [0.1, 0.15) is 0 Å². The number of carbonyl (C=O) groups excluding carboxylic acids is 1. The molecule has 1 heterocycles. The third kappa shape index (κ3) is 1.25. The van der Waals surface area contributed by atoms with Crippen molar-refractivity contribution in [2.24, 2.45) is 5.73 Å². The van der Waals surface area contributed by atoms with Crippen molar-refractivity contribution in [1.82, 2.24) is 0 Å². The summed E-state index contributed by atoms with van der Waals surface area (Å²) in [7, 11) is 0. The molecule has 1 aromatic rings. The first-order valence-corrected chi connectivity index (χ1v) is 3.95. The highest BCUT2D eigenvalue weighted by Gasteiger charge is 2.20. The van der Waals surface area contributed by atoms with Gasteiger partial charge in [-0.2, -0.15) is 0 Å². The van der Waals surface area contributed by atoms with Crippen molar-refractivity contribution in [3.8, 4) is 11.5 Å². The molecule has 1 aromatic carbocycles. The molecule has 2 N–H and O–H groups in total. The topological polar surface area (TPSA) is 61.6 Å². The summed E-state index contributed by atoms with van der Waals surface area (Å²) in [5.41, 5.74) is 5.75. The summed E-state index contributed by atoms with van der Waals surface area (Å²) in [5, 5.41) is 0. The van der Waals surface area contributed by atoms with Crippen LogP contribution in [-0.2, 0) is 0 Å². The van der Waals surface area contributed by atoms with E-state index in [1.807, 2.05) is 0 Å². The molecule has 0 aromatic heterocycles. The van der Waals surface area contributed by atoms with Gasteiger partial charge in [-0.25, -0.2) is 0 Å². The minimum Gasteiger partial charge on any atom is -0.454 e. The van der Waals surface area contributed by atoms with E-state index in [1.54, 1.807) is 18.2 Å². The zero-order chi connectivity index (χ0) is 9.26. The molecule has 0 saturated heterocycles. The van der Waals surface area contributed by atoms with Gasteiger partial charge < -0.3 is 15.2 Å². The molecule has 13 heavy (non-hydrogen) atoms. The van der Waals surface area contributed by atoms with Crippen LogP contribution in [0.4, 0.5) is 0 Å². The number of fused-ring (bicyclic) bond motifs is 1. The van der Waals surface area contributed by atoms with Gasteiger partial charge in [-0.1, -0.05) is 6.07 Å². The van der Waals surface area contributed by atoms with Gasteiger partial charge in [-0.05, 0) is 12.1 Å². The predicted molar refractivity (Wildman–Crippen MR) is 45.9 cm³/mol. The first-order valence-electron chi connectivity index (χ1n) is 3.95. The predicted octanol–water partition coefficient (Wildman–Crippen LogP) is 0.557. The van der Waals surface area contributed by atoms with Gasteiger partial charge in [0, 0.05) is 0 Å². The molecule has 2 rings (SSSR count). The lowest BCUT2D eigenvalue weighted by atomic mass is 10.1. The van der Waals surface area contributed by atoms with Crippen molar-refractivity contribution in [1.29, 1.82) is 0 Å². The van der Waals surface area contributed by atoms with E-state index in [0.717, 1.165) is 0 Å². The number of ketones is 1. The summed E-state index contributed by atoms with van der Waals surface area (Å²) >= 11 is 0. The first-order chi connectivity index (χ1) is 6.33. The standard InChI is InChI=1S/C9H9NO3/c10-4-7(11)6-2-1-3-8-9(6)13-5-12-8/h1-3H,4-5,10H2. The second-order valence-corrected chi connectivity index (χ2v) is 2.67. The Morgan fingerprint density at radius 3 is 3.08 bits per heavy atom. The molecule has 4 nitrogen and oxygen atoms in total. The van der Waals surface area contributed by atoms with Gasteiger partial charge in [0.2, 0.25) is 6.79 Å². The van der Waals surface area contributed by atoms with Crippen LogP contribution in [0.25, 0.3) is 0 Å². The minimum atomic E-state index is -0.137. The molecule has 0 aliphatic carbocycles. The number of hydrogen-bond acceptors (Lipinski definition) is 4. The average Bonchev–Trinajstić information content (AvgIpc) is 2.63. The van der Waals surface area contributed by atoms with Crippen LogP contribution in [0.3, 0.4) is 0 Å². The number of benzene rings is 1. The fourth-order valence-electron chi connectivity index (χ4n) is 1.26. The van der Waals surface area contributed by atoms with E-state index in [9.17, 15) is 4.79 Å². The maximum Gasteiger partial charge on any atom is 0.231 e. The Morgan fingerprint density at radius 2 is 2.31 bits per heavy atom. The van der Waals surface area contributed by atoms with Crippen LogP contribution in [0.2, 0.25) is 0 Å². The Balaban J connectivity index is 2.47. The van der Waals surface area contributed by atoms with Crippen LogP contribution < -0.4 is 15.2 Å². The number of hydrogen-bond donors (Lipinski definition) is 1. The molecule has 0 radical (unpaired) electrons. The van der Waals surface area contributed by atoms with E-state index >= 15 is 0 Å². The lowest BCUT2D eigenvalue weighted by Crippen LogP contribution is -2.14. The lowest BCUT2D eigenvalue weighted by molar-refractivity contribution is 0.0996. The third-order valence-corrected chi connectivity index (χ3v) is 1.88. The van der Waals surface area contributed by atoms with Crippen molar-refractivity contribution in [2.45, 2.75) is 0 Å². The van der Waals surface area contributed by atoms with Gasteiger partial charge in [-0.15, -0.1) is 0 Å². The largest absolute Gasteiger partial charge is 0.454 e. The van der Waals surface area contributed by atoms with E-state index < -0.39 is 0 Å². The fourth-order valence-corrected chi connectivity index (χ4v) is 1.26. The highest BCUT2D eigenvalue weighted by atomic mass is 16.7. The summed E-state index contributed by atoms with van der Waals surface area (Å²) in [5.74, 6) is 0.986. The summed E-state index contributed by atoms with van der Waals surface area (Å²) in [6, 6.07) is 5.19. The molecule has 1 aliphatic rings. The Bertz CT molecular complexity index is 349. The molecule has 0 amide bonds. The highest BCUT2D eigenvalue weighted by Crippen LogP contribution is 2.35. The van der Waals surface area contributed by atoms with E-state index in [4.69, 9.17) is 15.2 Å². The van der Waals surface area contributed by atoms with Crippen molar-refractivity contribution >= 4 is 5.78 Å². The molecule has 68 valence electrons. The quantitative estimate of drug-likeness (QED) is 0.674. The van der Waals surface area contributed by atoms with E-state index in [1.165, 1.54) is 0 Å². The van der Waals surface area contributed by atoms with Gasteiger partial charge in [-0.3, -0.25) is 4.79 Å². The Kier molecular flexibility index (Phi) is 1.90. The van der Waals surface area contributed by atoms with Gasteiger partial charge in [0.05, 0.1) is 12.1 Å². The van der Waals surface area contributed by atoms with Gasteiger partial charge in [0.25, 0.3) is 0 Å². The normalized spacial score (nSPS) is 13.0. The Labute approximate surface area is 75.2 Å². The molecule has 0 saturated carbocycles. The maximum atomic E-state index is 11.3. The van der Waals surface area contributed by atoms with E-state index in [-0.39, 0.29) is 19.1 Å². The molecule has 0 atom stereocenters. The fraction of sp³-hybridized carbons (Fsp3) is 0.222. The van der Waals surface area contributed by atoms with Crippen molar-refractivity contribution in [2.75, 3.05) is 13.3 Å². The van der Waals surface area contributed by atoms with E-state index in [0.29, 0.717) is 17.1 Å². The summed E-state index contributed by atoms with van der Waals surface area (Å²) in [6.07, 6.45) is 0. The van der Waals surface area contributed by atoms with Crippen LogP contribution in [0.5, 0.6) is 11.5 Å². The SMILES string of the molecule is NCC(=O)c1cccc2c1OCO2. The lowest BCUT2D eigenvalue weighted by Gasteiger charge is -2.01. The second-order valence-electron chi connectivity index (χ2n) is 2.67. The number of Topliss-reactive ketones (excluding diaryl/α,β-unsaturated/α-hetero) is 1. The zero-order valence-corrected chi connectivity index (χ0v) is 6.95. The smallest absolute Gasteiger partial charge is 0.231 e.